The van der Waals surface area contributed by atoms with Crippen molar-refractivity contribution in [2.75, 3.05) is 5.32 Å². The fraction of sp³-hybridized carbons (Fsp3) is 0.368. The van der Waals surface area contributed by atoms with Gasteiger partial charge in [0.15, 0.2) is 5.82 Å². The molecule has 1 N–H and O–H groups in total. The van der Waals surface area contributed by atoms with Gasteiger partial charge >= 0.3 is 0 Å². The van der Waals surface area contributed by atoms with Crippen molar-refractivity contribution in [2.45, 2.75) is 31.1 Å². The standard InChI is InChI=1S/C19H18ClF2N7O/c1-29-27-17(26-28-29)12-4-2-11(3-5-12)16(13-6-7-19(21,22)8-13)18(30)25-15-10-23-14(20)9-24-15/h2-5,9-10,13,16H,6-8H2,1H3,(H,24,25,30)/t13-,16-/m1/s1. The zero-order valence-electron chi connectivity index (χ0n) is 16.0. The van der Waals surface area contributed by atoms with Crippen LogP contribution in [-0.2, 0) is 11.8 Å². The zero-order valence-corrected chi connectivity index (χ0v) is 16.7. The molecule has 156 valence electrons. The van der Waals surface area contributed by atoms with Crippen molar-refractivity contribution in [3.05, 3.63) is 47.4 Å². The zero-order chi connectivity index (χ0) is 21.3. The number of tetrazole rings is 1. The van der Waals surface area contributed by atoms with Gasteiger partial charge in [0.05, 0.1) is 25.4 Å². The van der Waals surface area contributed by atoms with Gasteiger partial charge in [0.25, 0.3) is 0 Å². The van der Waals surface area contributed by atoms with Gasteiger partial charge in [-0.1, -0.05) is 35.9 Å². The molecule has 2 atom stereocenters. The average Bonchev–Trinajstić information content (AvgIpc) is 3.29. The molecule has 0 aliphatic heterocycles. The number of nitrogens with one attached hydrogen (secondary N) is 1. The third kappa shape index (κ3) is 4.43. The normalized spacial score (nSPS) is 18.9. The van der Waals surface area contributed by atoms with Crippen LogP contribution in [-0.4, -0.2) is 42.0 Å². The maximum absolute atomic E-state index is 13.9. The molecule has 30 heavy (non-hydrogen) atoms. The van der Waals surface area contributed by atoms with Gasteiger partial charge in [-0.15, -0.1) is 10.2 Å². The number of alkyl halides is 2. The summed E-state index contributed by atoms with van der Waals surface area (Å²) in [6.07, 6.45) is 2.31. The van der Waals surface area contributed by atoms with Crippen LogP contribution in [0.2, 0.25) is 5.15 Å². The maximum Gasteiger partial charge on any atom is 0.248 e. The van der Waals surface area contributed by atoms with Crippen LogP contribution in [0.25, 0.3) is 11.4 Å². The summed E-state index contributed by atoms with van der Waals surface area (Å²) in [6, 6.07) is 6.98. The van der Waals surface area contributed by atoms with E-state index in [4.69, 9.17) is 11.6 Å². The van der Waals surface area contributed by atoms with Gasteiger partial charge in [0, 0.05) is 18.4 Å². The second kappa shape index (κ2) is 8.02. The predicted molar refractivity (Wildman–Crippen MR) is 105 cm³/mol. The molecule has 0 spiro atoms. The first-order chi connectivity index (χ1) is 14.3. The van der Waals surface area contributed by atoms with Crippen LogP contribution in [0.4, 0.5) is 14.6 Å². The van der Waals surface area contributed by atoms with Gasteiger partial charge in [-0.2, -0.15) is 4.80 Å². The summed E-state index contributed by atoms with van der Waals surface area (Å²) < 4.78 is 27.8. The number of anilines is 1. The Labute approximate surface area is 175 Å². The Hall–Kier alpha value is -3.01. The highest BCUT2D eigenvalue weighted by Crippen LogP contribution is 2.45. The van der Waals surface area contributed by atoms with Gasteiger partial charge in [-0.3, -0.25) is 4.79 Å². The minimum Gasteiger partial charge on any atom is -0.309 e. The van der Waals surface area contributed by atoms with Gasteiger partial charge in [-0.25, -0.2) is 18.7 Å². The number of aromatic nitrogens is 6. The first kappa shape index (κ1) is 20.3. The quantitative estimate of drug-likeness (QED) is 0.661. The fourth-order valence-corrected chi connectivity index (χ4v) is 3.82. The summed E-state index contributed by atoms with van der Waals surface area (Å²) in [5, 5.41) is 14.7. The molecule has 2 aromatic heterocycles. The van der Waals surface area contributed by atoms with Crippen LogP contribution >= 0.6 is 11.6 Å². The number of benzene rings is 1. The summed E-state index contributed by atoms with van der Waals surface area (Å²) in [7, 11) is 1.66. The van der Waals surface area contributed by atoms with Gasteiger partial charge in [0.1, 0.15) is 5.15 Å². The van der Waals surface area contributed by atoms with E-state index in [1.807, 2.05) is 0 Å². The average molecular weight is 434 g/mol. The van der Waals surface area contributed by atoms with E-state index in [9.17, 15) is 13.6 Å². The molecule has 1 fully saturated rings. The van der Waals surface area contributed by atoms with E-state index in [1.54, 1.807) is 31.3 Å². The molecule has 1 aliphatic rings. The molecule has 0 radical (unpaired) electrons. The summed E-state index contributed by atoms with van der Waals surface area (Å²) in [6.45, 7) is 0. The maximum atomic E-state index is 13.9. The Balaban J connectivity index is 1.61. The number of aryl methyl sites for hydroxylation is 1. The van der Waals surface area contributed by atoms with Crippen molar-refractivity contribution in [1.82, 2.24) is 30.2 Å². The van der Waals surface area contributed by atoms with Gasteiger partial charge in [-0.05, 0) is 23.1 Å². The Morgan fingerprint density at radius 1 is 1.27 bits per heavy atom. The van der Waals surface area contributed by atoms with Crippen molar-refractivity contribution < 1.29 is 13.6 Å². The third-order valence-electron chi connectivity index (χ3n) is 5.10. The Morgan fingerprint density at radius 2 is 2.03 bits per heavy atom. The summed E-state index contributed by atoms with van der Waals surface area (Å²) in [4.78, 5) is 22.3. The number of hydrogen-bond acceptors (Lipinski definition) is 6. The van der Waals surface area contributed by atoms with E-state index in [-0.39, 0.29) is 30.2 Å². The van der Waals surface area contributed by atoms with Crippen molar-refractivity contribution in [1.29, 1.82) is 0 Å². The minimum atomic E-state index is -2.77. The first-order valence-corrected chi connectivity index (χ1v) is 9.69. The number of carbonyl (C=O) groups excluding carboxylic acids is 1. The molecule has 0 unspecified atom stereocenters. The van der Waals surface area contributed by atoms with E-state index in [0.29, 0.717) is 17.0 Å². The van der Waals surface area contributed by atoms with Gasteiger partial charge in [0.2, 0.25) is 17.7 Å². The molecule has 1 saturated carbocycles. The van der Waals surface area contributed by atoms with E-state index in [0.717, 1.165) is 0 Å². The topological polar surface area (TPSA) is 98.5 Å². The van der Waals surface area contributed by atoms with E-state index in [1.165, 1.54) is 17.2 Å². The highest BCUT2D eigenvalue weighted by molar-refractivity contribution is 6.29. The fourth-order valence-electron chi connectivity index (χ4n) is 3.73. The van der Waals surface area contributed by atoms with Crippen molar-refractivity contribution in [3.8, 4) is 11.4 Å². The Bertz CT molecular complexity index is 1040. The molecule has 2 heterocycles. The number of amides is 1. The molecule has 3 aromatic rings. The van der Waals surface area contributed by atoms with Crippen LogP contribution in [0.3, 0.4) is 0 Å². The number of carbonyl (C=O) groups is 1. The highest BCUT2D eigenvalue weighted by atomic mass is 35.5. The lowest BCUT2D eigenvalue weighted by Gasteiger charge is -2.23. The van der Waals surface area contributed by atoms with Crippen LogP contribution in [0.5, 0.6) is 0 Å². The van der Waals surface area contributed by atoms with E-state index in [2.05, 4.69) is 30.7 Å². The molecule has 1 amide bonds. The molecule has 0 saturated heterocycles. The third-order valence-corrected chi connectivity index (χ3v) is 5.30. The smallest absolute Gasteiger partial charge is 0.248 e. The van der Waals surface area contributed by atoms with Gasteiger partial charge < -0.3 is 5.32 Å². The number of rotatable bonds is 5. The molecule has 4 rings (SSSR count). The molecule has 0 bridgehead atoms. The lowest BCUT2D eigenvalue weighted by Crippen LogP contribution is -2.28. The highest BCUT2D eigenvalue weighted by Gasteiger charge is 2.45. The molecular weight excluding hydrogens is 416 g/mol. The Morgan fingerprint density at radius 3 is 2.60 bits per heavy atom. The predicted octanol–water partition coefficient (Wildman–Crippen LogP) is 3.48. The summed E-state index contributed by atoms with van der Waals surface area (Å²) >= 11 is 5.72. The van der Waals surface area contributed by atoms with Crippen LogP contribution in [0.1, 0.15) is 30.7 Å². The number of halogens is 3. The Kier molecular flexibility index (Phi) is 5.42. The van der Waals surface area contributed by atoms with Crippen molar-refractivity contribution in [2.24, 2.45) is 13.0 Å². The van der Waals surface area contributed by atoms with Crippen LogP contribution in [0.15, 0.2) is 36.7 Å². The largest absolute Gasteiger partial charge is 0.309 e. The molecule has 1 aliphatic carbocycles. The first-order valence-electron chi connectivity index (χ1n) is 9.31. The SMILES string of the molecule is Cn1nnc(-c2ccc([C@@H](C(=O)Nc3cnc(Cl)cn3)[C@@H]3CCC(F)(F)C3)cc2)n1. The molecule has 8 nitrogen and oxygen atoms in total. The van der Waals surface area contributed by atoms with Crippen LogP contribution in [0, 0.1) is 5.92 Å². The lowest BCUT2D eigenvalue weighted by atomic mass is 9.83. The molecule has 11 heteroatoms. The molecular formula is C19H18ClF2N7O. The summed E-state index contributed by atoms with van der Waals surface area (Å²) in [5.74, 6) is -3.80. The van der Waals surface area contributed by atoms with Crippen molar-refractivity contribution >= 4 is 23.3 Å². The summed E-state index contributed by atoms with van der Waals surface area (Å²) in [5.41, 5.74) is 1.34. The van der Waals surface area contributed by atoms with E-state index >= 15 is 0 Å². The molecule has 1 aromatic carbocycles. The van der Waals surface area contributed by atoms with Crippen LogP contribution < -0.4 is 5.32 Å². The van der Waals surface area contributed by atoms with E-state index < -0.39 is 23.7 Å². The second-order valence-electron chi connectivity index (χ2n) is 7.27. The van der Waals surface area contributed by atoms with Crippen molar-refractivity contribution in [3.63, 3.8) is 0 Å². The second-order valence-corrected chi connectivity index (χ2v) is 7.66. The number of hydrogen-bond donors (Lipinski definition) is 1. The minimum absolute atomic E-state index is 0.188. The number of nitrogens with zero attached hydrogens (tertiary/aromatic N) is 6. The lowest BCUT2D eigenvalue weighted by molar-refractivity contribution is -0.118. The monoisotopic (exact) mass is 433 g/mol.